The Morgan fingerprint density at radius 2 is 2.29 bits per heavy atom. The van der Waals surface area contributed by atoms with Gasteiger partial charge in [-0.15, -0.1) is 0 Å². The molecule has 0 fully saturated rings. The van der Waals surface area contributed by atoms with Crippen molar-refractivity contribution < 1.29 is 14.7 Å². The Morgan fingerprint density at radius 3 is 2.79 bits per heavy atom. The molecule has 1 atom stereocenters. The van der Waals surface area contributed by atoms with E-state index in [2.05, 4.69) is 4.98 Å². The lowest BCUT2D eigenvalue weighted by Crippen LogP contribution is -2.14. The lowest BCUT2D eigenvalue weighted by molar-refractivity contribution is -0.141. The summed E-state index contributed by atoms with van der Waals surface area (Å²) in [5, 5.41) is 8.61. The van der Waals surface area contributed by atoms with Crippen LogP contribution in [-0.2, 0) is 4.79 Å². The minimum Gasteiger partial charge on any atom is -0.481 e. The summed E-state index contributed by atoms with van der Waals surface area (Å²) in [6.07, 6.45) is 3.02. The van der Waals surface area contributed by atoms with Gasteiger partial charge in [0.25, 0.3) is 0 Å². The first-order valence-corrected chi connectivity index (χ1v) is 4.27. The number of pyridine rings is 1. The van der Waals surface area contributed by atoms with E-state index in [9.17, 15) is 9.59 Å². The number of rotatable bonds is 4. The van der Waals surface area contributed by atoms with Gasteiger partial charge in [0.2, 0.25) is 0 Å². The number of carboxylic acids is 1. The molecule has 1 N–H and O–H groups in total. The van der Waals surface area contributed by atoms with Crippen LogP contribution >= 0.6 is 0 Å². The van der Waals surface area contributed by atoms with Crippen LogP contribution in [-0.4, -0.2) is 21.8 Å². The molecule has 1 aromatic heterocycles. The van der Waals surface area contributed by atoms with Crippen LogP contribution in [0.3, 0.4) is 0 Å². The summed E-state index contributed by atoms with van der Waals surface area (Å²) in [7, 11) is 0. The summed E-state index contributed by atoms with van der Waals surface area (Å²) in [4.78, 5) is 25.7. The molecule has 14 heavy (non-hydrogen) atoms. The highest BCUT2D eigenvalue weighted by Gasteiger charge is 2.16. The van der Waals surface area contributed by atoms with Gasteiger partial charge >= 0.3 is 5.97 Å². The molecule has 0 spiro atoms. The number of carboxylic acid groups (broad SMARTS) is 1. The summed E-state index contributed by atoms with van der Waals surface area (Å²) < 4.78 is 0. The fraction of sp³-hybridized carbons (Fsp3) is 0.300. The maximum atomic E-state index is 11.5. The first-order valence-electron chi connectivity index (χ1n) is 4.27. The van der Waals surface area contributed by atoms with Crippen LogP contribution in [0.25, 0.3) is 0 Å². The Labute approximate surface area is 81.6 Å². The molecule has 0 radical (unpaired) electrons. The van der Waals surface area contributed by atoms with Gasteiger partial charge in [0.15, 0.2) is 5.78 Å². The molecule has 0 aliphatic heterocycles. The third-order valence-electron chi connectivity index (χ3n) is 1.90. The van der Waals surface area contributed by atoms with Gasteiger partial charge in [-0.1, -0.05) is 6.92 Å². The van der Waals surface area contributed by atoms with Crippen LogP contribution in [0.4, 0.5) is 0 Å². The van der Waals surface area contributed by atoms with Crippen LogP contribution < -0.4 is 0 Å². The molecule has 1 aromatic rings. The predicted octanol–water partition coefficient (Wildman–Crippen LogP) is 1.38. The van der Waals surface area contributed by atoms with E-state index in [1.165, 1.54) is 13.1 Å². The molecule has 4 nitrogen and oxygen atoms in total. The van der Waals surface area contributed by atoms with Crippen molar-refractivity contribution in [2.75, 3.05) is 0 Å². The van der Waals surface area contributed by atoms with E-state index in [1.54, 1.807) is 18.3 Å². The molecular weight excluding hydrogens is 182 g/mol. The predicted molar refractivity (Wildman–Crippen MR) is 50.0 cm³/mol. The minimum absolute atomic E-state index is 0.0149. The second-order valence-electron chi connectivity index (χ2n) is 3.11. The third kappa shape index (κ3) is 2.65. The molecule has 0 aromatic carbocycles. The lowest BCUT2D eigenvalue weighted by atomic mass is 10.0. The summed E-state index contributed by atoms with van der Waals surface area (Å²) in [5.74, 6) is -1.79. The molecule has 0 amide bonds. The number of aromatic nitrogens is 1. The van der Waals surface area contributed by atoms with E-state index in [-0.39, 0.29) is 12.2 Å². The summed E-state index contributed by atoms with van der Waals surface area (Å²) >= 11 is 0. The van der Waals surface area contributed by atoms with E-state index in [1.807, 2.05) is 0 Å². The van der Waals surface area contributed by atoms with Crippen molar-refractivity contribution >= 4 is 11.8 Å². The molecule has 4 heteroatoms. The Morgan fingerprint density at radius 1 is 1.57 bits per heavy atom. The zero-order valence-electron chi connectivity index (χ0n) is 7.80. The Bertz CT molecular complexity index is 334. The Balaban J connectivity index is 2.64. The third-order valence-corrected chi connectivity index (χ3v) is 1.90. The maximum Gasteiger partial charge on any atom is 0.306 e. The molecule has 1 heterocycles. The average Bonchev–Trinajstić information content (AvgIpc) is 2.19. The number of ketones is 1. The number of aliphatic carboxylic acids is 1. The lowest BCUT2D eigenvalue weighted by Gasteiger charge is -2.04. The van der Waals surface area contributed by atoms with Gasteiger partial charge in [0.05, 0.1) is 5.92 Å². The van der Waals surface area contributed by atoms with Gasteiger partial charge in [-0.3, -0.25) is 14.6 Å². The van der Waals surface area contributed by atoms with Gasteiger partial charge in [0.1, 0.15) is 0 Å². The number of Topliss-reactive ketones (excluding diaryl/α,β-unsaturated/α-hetero) is 1. The smallest absolute Gasteiger partial charge is 0.306 e. The number of hydrogen-bond donors (Lipinski definition) is 1. The maximum absolute atomic E-state index is 11.5. The van der Waals surface area contributed by atoms with Crippen LogP contribution in [0.1, 0.15) is 23.7 Å². The number of nitrogens with zero attached hydrogens (tertiary/aromatic N) is 1. The van der Waals surface area contributed by atoms with Crippen LogP contribution in [0.5, 0.6) is 0 Å². The molecule has 0 saturated heterocycles. The Kier molecular flexibility index (Phi) is 3.34. The van der Waals surface area contributed by atoms with E-state index in [0.717, 1.165) is 0 Å². The fourth-order valence-electron chi connectivity index (χ4n) is 1.01. The van der Waals surface area contributed by atoms with Crippen molar-refractivity contribution in [1.29, 1.82) is 0 Å². The summed E-state index contributed by atoms with van der Waals surface area (Å²) in [5.41, 5.74) is 0.459. The first-order chi connectivity index (χ1) is 6.61. The van der Waals surface area contributed by atoms with E-state index in [4.69, 9.17) is 5.11 Å². The van der Waals surface area contributed by atoms with Crippen molar-refractivity contribution in [1.82, 2.24) is 4.98 Å². The van der Waals surface area contributed by atoms with E-state index < -0.39 is 11.9 Å². The van der Waals surface area contributed by atoms with Crippen molar-refractivity contribution in [2.24, 2.45) is 5.92 Å². The number of carbonyl (C=O) groups is 2. The van der Waals surface area contributed by atoms with E-state index >= 15 is 0 Å². The minimum atomic E-state index is -0.956. The molecule has 0 aliphatic rings. The molecular formula is C10H11NO3. The highest BCUT2D eigenvalue weighted by atomic mass is 16.4. The van der Waals surface area contributed by atoms with Crippen molar-refractivity contribution in [3.8, 4) is 0 Å². The standard InChI is InChI=1S/C10H11NO3/c1-7(10(13)14)5-9(12)8-3-2-4-11-6-8/h2-4,6-7H,5H2,1H3,(H,13,14). The molecule has 0 saturated carbocycles. The van der Waals surface area contributed by atoms with Crippen LogP contribution in [0.15, 0.2) is 24.5 Å². The molecule has 74 valence electrons. The summed E-state index contributed by atoms with van der Waals surface area (Å²) in [6.45, 7) is 1.51. The molecule has 0 bridgehead atoms. The van der Waals surface area contributed by atoms with Gasteiger partial charge in [0, 0.05) is 24.4 Å². The van der Waals surface area contributed by atoms with Crippen molar-refractivity contribution in [3.05, 3.63) is 30.1 Å². The molecule has 1 unspecified atom stereocenters. The quantitative estimate of drug-likeness (QED) is 0.733. The second-order valence-corrected chi connectivity index (χ2v) is 3.11. The van der Waals surface area contributed by atoms with Gasteiger partial charge < -0.3 is 5.11 Å². The monoisotopic (exact) mass is 193 g/mol. The number of hydrogen-bond acceptors (Lipinski definition) is 3. The van der Waals surface area contributed by atoms with Gasteiger partial charge in [-0.2, -0.15) is 0 Å². The highest BCUT2D eigenvalue weighted by molar-refractivity contribution is 5.97. The highest BCUT2D eigenvalue weighted by Crippen LogP contribution is 2.08. The van der Waals surface area contributed by atoms with E-state index in [0.29, 0.717) is 5.56 Å². The van der Waals surface area contributed by atoms with Crippen molar-refractivity contribution in [2.45, 2.75) is 13.3 Å². The summed E-state index contributed by atoms with van der Waals surface area (Å²) in [6, 6.07) is 3.28. The second kappa shape index (κ2) is 4.50. The molecule has 0 aliphatic carbocycles. The van der Waals surface area contributed by atoms with Crippen molar-refractivity contribution in [3.63, 3.8) is 0 Å². The zero-order valence-corrected chi connectivity index (χ0v) is 7.80. The number of carbonyl (C=O) groups excluding carboxylic acids is 1. The topological polar surface area (TPSA) is 67.3 Å². The first kappa shape index (κ1) is 10.4. The fourth-order valence-corrected chi connectivity index (χ4v) is 1.01. The Hall–Kier alpha value is -1.71. The largest absolute Gasteiger partial charge is 0.481 e. The van der Waals surface area contributed by atoms with Crippen LogP contribution in [0, 0.1) is 5.92 Å². The zero-order chi connectivity index (χ0) is 10.6. The normalized spacial score (nSPS) is 12.1. The van der Waals surface area contributed by atoms with Gasteiger partial charge in [-0.25, -0.2) is 0 Å². The van der Waals surface area contributed by atoms with Gasteiger partial charge in [-0.05, 0) is 12.1 Å². The molecule has 1 rings (SSSR count). The average molecular weight is 193 g/mol. The SMILES string of the molecule is CC(CC(=O)c1cccnc1)C(=O)O. The van der Waals surface area contributed by atoms with Crippen LogP contribution in [0.2, 0.25) is 0 Å².